The quantitative estimate of drug-likeness (QED) is 0.765. The highest BCUT2D eigenvalue weighted by molar-refractivity contribution is 5.74. The molecule has 0 bridgehead atoms. The molecule has 0 spiro atoms. The normalized spacial score (nSPS) is 24.3. The van der Waals surface area contributed by atoms with Gasteiger partial charge in [-0.3, -0.25) is 4.79 Å². The third-order valence-electron chi connectivity index (χ3n) is 3.14. The lowest BCUT2D eigenvalue weighted by Gasteiger charge is -2.00. The zero-order valence-corrected chi connectivity index (χ0v) is 8.53. The number of rotatable bonds is 1. The fraction of sp³-hybridized carbons (Fsp3) is 0.333. The Bertz CT molecular complexity index is 573. The Kier molecular flexibility index (Phi) is 1.69. The van der Waals surface area contributed by atoms with Crippen LogP contribution in [0.1, 0.15) is 24.8 Å². The van der Waals surface area contributed by atoms with Gasteiger partial charge >= 0.3 is 0 Å². The van der Waals surface area contributed by atoms with Crippen molar-refractivity contribution in [3.63, 3.8) is 0 Å². The molecule has 0 saturated heterocycles. The maximum atomic E-state index is 11.0. The first kappa shape index (κ1) is 8.65. The van der Waals surface area contributed by atoms with Crippen LogP contribution in [0.2, 0.25) is 0 Å². The number of nitrogens with zero attached hydrogens (tertiary/aromatic N) is 1. The minimum Gasteiger partial charge on any atom is -0.319 e. The highest BCUT2D eigenvalue weighted by Gasteiger charge is 2.33. The minimum absolute atomic E-state index is 0.143. The van der Waals surface area contributed by atoms with Crippen molar-refractivity contribution in [2.24, 2.45) is 5.92 Å². The van der Waals surface area contributed by atoms with Crippen molar-refractivity contribution >= 4 is 11.0 Å². The topological polar surface area (TPSA) is 45.8 Å². The average molecular weight is 200 g/mol. The number of hydrogen-bond donors (Lipinski definition) is 1. The van der Waals surface area contributed by atoms with Gasteiger partial charge in [0.1, 0.15) is 0 Å². The molecule has 76 valence electrons. The largest absolute Gasteiger partial charge is 0.319 e. The Labute approximate surface area is 87.2 Å². The molecule has 3 heteroatoms. The third kappa shape index (κ3) is 1.44. The summed E-state index contributed by atoms with van der Waals surface area (Å²) in [5.41, 5.74) is 2.90. The number of nitrogens with one attached hydrogen (secondary N) is 1. The average Bonchev–Trinajstić information content (AvgIpc) is 2.95. The molecule has 0 radical (unpaired) electrons. The molecule has 3 rings (SSSR count). The molecule has 3 nitrogen and oxygen atoms in total. The Morgan fingerprint density at radius 2 is 2.27 bits per heavy atom. The van der Waals surface area contributed by atoms with E-state index in [1.165, 1.54) is 18.2 Å². The molecule has 1 aliphatic rings. The SMILES string of the molecule is CC1C[C@H]1c1ccc2[nH]c(=O)cnc2c1. The molecule has 15 heavy (non-hydrogen) atoms. The van der Waals surface area contributed by atoms with E-state index in [-0.39, 0.29) is 5.56 Å². The molecule has 1 aliphatic carbocycles. The summed E-state index contributed by atoms with van der Waals surface area (Å²) in [5, 5.41) is 0. The predicted molar refractivity (Wildman–Crippen MR) is 58.9 cm³/mol. The van der Waals surface area contributed by atoms with Gasteiger partial charge in [-0.25, -0.2) is 4.98 Å². The third-order valence-corrected chi connectivity index (χ3v) is 3.14. The van der Waals surface area contributed by atoms with Gasteiger partial charge in [0.2, 0.25) is 0 Å². The second kappa shape index (κ2) is 2.92. The fourth-order valence-electron chi connectivity index (χ4n) is 2.07. The molecule has 2 atom stereocenters. The Hall–Kier alpha value is -1.64. The van der Waals surface area contributed by atoms with Crippen molar-refractivity contribution in [3.8, 4) is 0 Å². The van der Waals surface area contributed by atoms with Crippen LogP contribution < -0.4 is 5.56 Å². The van der Waals surface area contributed by atoms with Gasteiger partial charge in [-0.15, -0.1) is 0 Å². The molecular formula is C12H12N2O. The Morgan fingerprint density at radius 3 is 3.00 bits per heavy atom. The lowest BCUT2D eigenvalue weighted by molar-refractivity contribution is 0.915. The molecule has 0 aliphatic heterocycles. The van der Waals surface area contributed by atoms with Crippen LogP contribution >= 0.6 is 0 Å². The van der Waals surface area contributed by atoms with Crippen molar-refractivity contribution in [1.29, 1.82) is 0 Å². The maximum Gasteiger partial charge on any atom is 0.266 e. The van der Waals surface area contributed by atoms with Crippen molar-refractivity contribution in [2.75, 3.05) is 0 Å². The summed E-state index contributed by atoms with van der Waals surface area (Å²) >= 11 is 0. The van der Waals surface area contributed by atoms with E-state index in [1.54, 1.807) is 0 Å². The molecule has 1 N–H and O–H groups in total. The summed E-state index contributed by atoms with van der Waals surface area (Å²) < 4.78 is 0. The van der Waals surface area contributed by atoms with E-state index < -0.39 is 0 Å². The summed E-state index contributed by atoms with van der Waals surface area (Å²) in [5.74, 6) is 1.49. The van der Waals surface area contributed by atoms with Gasteiger partial charge < -0.3 is 4.98 Å². The van der Waals surface area contributed by atoms with E-state index in [0.29, 0.717) is 5.92 Å². The van der Waals surface area contributed by atoms with Crippen LogP contribution in [0, 0.1) is 5.92 Å². The van der Waals surface area contributed by atoms with E-state index in [1.807, 2.05) is 6.07 Å². The lowest BCUT2D eigenvalue weighted by Crippen LogP contribution is -2.04. The highest BCUT2D eigenvalue weighted by atomic mass is 16.1. The van der Waals surface area contributed by atoms with E-state index in [2.05, 4.69) is 29.0 Å². The monoisotopic (exact) mass is 200 g/mol. The summed E-state index contributed by atoms with van der Waals surface area (Å²) in [4.78, 5) is 18.0. The summed E-state index contributed by atoms with van der Waals surface area (Å²) in [7, 11) is 0. The van der Waals surface area contributed by atoms with Crippen molar-refractivity contribution in [2.45, 2.75) is 19.3 Å². The first-order valence-corrected chi connectivity index (χ1v) is 5.23. The molecule has 1 aromatic carbocycles. The van der Waals surface area contributed by atoms with Crippen LogP contribution in [0.4, 0.5) is 0 Å². The molecule has 0 amide bonds. The van der Waals surface area contributed by atoms with Gasteiger partial charge in [0.25, 0.3) is 5.56 Å². The molecule has 1 heterocycles. The minimum atomic E-state index is -0.143. The number of hydrogen-bond acceptors (Lipinski definition) is 2. The molecule has 1 saturated carbocycles. The predicted octanol–water partition coefficient (Wildman–Crippen LogP) is 2.05. The first-order valence-electron chi connectivity index (χ1n) is 5.23. The van der Waals surface area contributed by atoms with Crippen LogP contribution in [-0.2, 0) is 0 Å². The molecule has 1 fully saturated rings. The summed E-state index contributed by atoms with van der Waals surface area (Å²) in [6, 6.07) is 6.12. The van der Waals surface area contributed by atoms with E-state index in [9.17, 15) is 4.79 Å². The summed E-state index contributed by atoms with van der Waals surface area (Å²) in [6.07, 6.45) is 2.61. The zero-order valence-electron chi connectivity index (χ0n) is 8.53. The van der Waals surface area contributed by atoms with Gasteiger partial charge in [-0.05, 0) is 36.0 Å². The van der Waals surface area contributed by atoms with E-state index >= 15 is 0 Å². The van der Waals surface area contributed by atoms with Crippen molar-refractivity contribution in [3.05, 3.63) is 40.3 Å². The van der Waals surface area contributed by atoms with Crippen molar-refractivity contribution in [1.82, 2.24) is 9.97 Å². The Morgan fingerprint density at radius 1 is 1.47 bits per heavy atom. The molecule has 1 unspecified atom stereocenters. The van der Waals surface area contributed by atoms with Crippen LogP contribution in [0.3, 0.4) is 0 Å². The zero-order chi connectivity index (χ0) is 10.4. The molecular weight excluding hydrogens is 188 g/mol. The van der Waals surface area contributed by atoms with Crippen molar-refractivity contribution < 1.29 is 0 Å². The number of aromatic nitrogens is 2. The Balaban J connectivity index is 2.14. The fourth-order valence-corrected chi connectivity index (χ4v) is 2.07. The van der Waals surface area contributed by atoms with Crippen LogP contribution in [0.5, 0.6) is 0 Å². The maximum absolute atomic E-state index is 11.0. The van der Waals surface area contributed by atoms with Gasteiger partial charge in [0.15, 0.2) is 0 Å². The van der Waals surface area contributed by atoms with E-state index in [0.717, 1.165) is 17.0 Å². The second-order valence-corrected chi connectivity index (χ2v) is 4.34. The van der Waals surface area contributed by atoms with Gasteiger partial charge in [0, 0.05) is 0 Å². The van der Waals surface area contributed by atoms with Gasteiger partial charge in [-0.1, -0.05) is 13.0 Å². The smallest absolute Gasteiger partial charge is 0.266 e. The van der Waals surface area contributed by atoms with Crippen LogP contribution in [0.15, 0.2) is 29.2 Å². The molecule has 2 aromatic rings. The number of aromatic amines is 1. The van der Waals surface area contributed by atoms with Crippen LogP contribution in [-0.4, -0.2) is 9.97 Å². The first-order chi connectivity index (χ1) is 7.24. The van der Waals surface area contributed by atoms with Crippen LogP contribution in [0.25, 0.3) is 11.0 Å². The summed E-state index contributed by atoms with van der Waals surface area (Å²) in [6.45, 7) is 2.26. The molecule has 1 aromatic heterocycles. The van der Waals surface area contributed by atoms with Gasteiger partial charge in [-0.2, -0.15) is 0 Å². The lowest BCUT2D eigenvalue weighted by atomic mass is 10.1. The highest BCUT2D eigenvalue weighted by Crippen LogP contribution is 2.47. The number of fused-ring (bicyclic) bond motifs is 1. The number of H-pyrrole nitrogens is 1. The van der Waals surface area contributed by atoms with E-state index in [4.69, 9.17) is 0 Å². The van der Waals surface area contributed by atoms with Gasteiger partial charge in [0.05, 0.1) is 17.2 Å². The standard InChI is InChI=1S/C12H12N2O/c1-7-4-9(7)8-2-3-10-11(5-8)13-6-12(15)14-10/h2-3,5-7,9H,4H2,1H3,(H,14,15)/t7?,9-/m1/s1. The number of benzene rings is 1. The second-order valence-electron chi connectivity index (χ2n) is 4.34.